The van der Waals surface area contributed by atoms with Gasteiger partial charge in [0.05, 0.1) is 24.1 Å². The fraction of sp³-hybridized carbons (Fsp3) is 0.615. The first-order valence-corrected chi connectivity index (χ1v) is 13.2. The summed E-state index contributed by atoms with van der Waals surface area (Å²) in [6.07, 6.45) is 5.86. The summed E-state index contributed by atoms with van der Waals surface area (Å²) in [4.78, 5) is 30.4. The Morgan fingerprint density at radius 2 is 2.00 bits per heavy atom. The summed E-state index contributed by atoms with van der Waals surface area (Å²) in [5.74, 6) is -3.35. The van der Waals surface area contributed by atoms with Gasteiger partial charge in [-0.2, -0.15) is 5.10 Å². The zero-order chi connectivity index (χ0) is 26.7. The van der Waals surface area contributed by atoms with Crippen LogP contribution in [-0.4, -0.2) is 49.2 Å². The van der Waals surface area contributed by atoms with Crippen molar-refractivity contribution in [3.8, 4) is 0 Å². The van der Waals surface area contributed by atoms with E-state index < -0.39 is 17.9 Å². The Kier molecular flexibility index (Phi) is 5.95. The molecule has 0 unspecified atom stereocenters. The molecule has 0 aromatic carbocycles. The lowest BCUT2D eigenvalue weighted by molar-refractivity contribution is -0.123. The number of imidazole rings is 1. The molecule has 1 saturated heterocycles. The molecular formula is C26H31F2N7O3. The summed E-state index contributed by atoms with van der Waals surface area (Å²) in [5.41, 5.74) is 2.50. The van der Waals surface area contributed by atoms with Crippen LogP contribution >= 0.6 is 0 Å². The van der Waals surface area contributed by atoms with Crippen molar-refractivity contribution in [2.75, 3.05) is 6.54 Å². The van der Waals surface area contributed by atoms with Gasteiger partial charge in [0.15, 0.2) is 11.3 Å². The van der Waals surface area contributed by atoms with E-state index in [9.17, 15) is 18.4 Å². The monoisotopic (exact) mass is 527 g/mol. The van der Waals surface area contributed by atoms with Crippen LogP contribution in [0.5, 0.6) is 0 Å². The van der Waals surface area contributed by atoms with Crippen LogP contribution < -0.4 is 10.6 Å². The molecule has 38 heavy (non-hydrogen) atoms. The highest BCUT2D eigenvalue weighted by molar-refractivity contribution is 5.93. The van der Waals surface area contributed by atoms with Crippen LogP contribution in [-0.2, 0) is 11.2 Å². The molecule has 2 amide bonds. The number of carbonyl (C=O) groups is 2. The summed E-state index contributed by atoms with van der Waals surface area (Å²) in [6.45, 7) is 4.76. The van der Waals surface area contributed by atoms with Gasteiger partial charge in [-0.05, 0) is 60.2 Å². The fourth-order valence-corrected chi connectivity index (χ4v) is 5.73. The highest BCUT2D eigenvalue weighted by atomic mass is 19.3. The van der Waals surface area contributed by atoms with E-state index in [1.54, 1.807) is 16.9 Å². The summed E-state index contributed by atoms with van der Waals surface area (Å²) in [5, 5.41) is 18.2. The Morgan fingerprint density at radius 3 is 2.68 bits per heavy atom. The first-order chi connectivity index (χ1) is 18.1. The van der Waals surface area contributed by atoms with Crippen LogP contribution in [0, 0.1) is 17.3 Å². The minimum atomic E-state index is -2.70. The van der Waals surface area contributed by atoms with Gasteiger partial charge in [-0.1, -0.05) is 19.0 Å². The molecule has 202 valence electrons. The molecular weight excluding hydrogens is 496 g/mol. The molecule has 0 bridgehead atoms. The minimum Gasteiger partial charge on any atom is -0.355 e. The third-order valence-electron chi connectivity index (χ3n) is 8.34. The average molecular weight is 528 g/mol. The topological polar surface area (TPSA) is 127 Å². The molecule has 2 N–H and O–H groups in total. The second-order valence-corrected chi connectivity index (χ2v) is 11.7. The van der Waals surface area contributed by atoms with E-state index >= 15 is 0 Å². The molecule has 2 saturated carbocycles. The standard InChI is InChI=1S/C26H31F2N7O3/c1-25(2)13-29-23(36)17(25)9-14-10-19-31-18(12-35(19)30-11-14)20(16-5-7-26(27,28)8-6-16)32-24(37)22-21(15-3-4-15)33-38-34-22/h10-12,15-17,20H,3-9,13H2,1-2H3,(H,29,36)(H,32,37)/t17-,20-/m0/s1. The number of carbonyl (C=O) groups excluding carboxylic acids is 2. The lowest BCUT2D eigenvalue weighted by atomic mass is 9.78. The van der Waals surface area contributed by atoms with E-state index in [2.05, 4.69) is 39.9 Å². The highest BCUT2D eigenvalue weighted by Gasteiger charge is 2.42. The number of halogens is 2. The van der Waals surface area contributed by atoms with Crippen LogP contribution in [0.15, 0.2) is 23.1 Å². The molecule has 12 heteroatoms. The Bertz CT molecular complexity index is 1370. The Morgan fingerprint density at radius 1 is 1.24 bits per heavy atom. The first kappa shape index (κ1) is 24.9. The Balaban J connectivity index is 1.28. The van der Waals surface area contributed by atoms with Crippen molar-refractivity contribution >= 4 is 17.5 Å². The maximum atomic E-state index is 14.0. The van der Waals surface area contributed by atoms with E-state index in [4.69, 9.17) is 9.61 Å². The summed E-state index contributed by atoms with van der Waals surface area (Å²) < 4.78 is 34.4. The van der Waals surface area contributed by atoms with Crippen LogP contribution in [0.1, 0.15) is 91.8 Å². The molecule has 3 aromatic rings. The largest absolute Gasteiger partial charge is 0.355 e. The lowest BCUT2D eigenvalue weighted by Gasteiger charge is -2.33. The van der Waals surface area contributed by atoms with E-state index in [-0.39, 0.29) is 60.5 Å². The second-order valence-electron chi connectivity index (χ2n) is 11.7. The number of alkyl halides is 2. The number of amides is 2. The zero-order valence-corrected chi connectivity index (χ0v) is 21.4. The molecule has 3 aliphatic rings. The van der Waals surface area contributed by atoms with Gasteiger partial charge in [-0.15, -0.1) is 0 Å². The number of nitrogens with one attached hydrogen (secondary N) is 2. The van der Waals surface area contributed by atoms with E-state index in [0.717, 1.165) is 18.4 Å². The number of hydrogen-bond acceptors (Lipinski definition) is 7. The Hall–Kier alpha value is -3.44. The molecule has 4 heterocycles. The van der Waals surface area contributed by atoms with Gasteiger partial charge < -0.3 is 10.6 Å². The number of nitrogens with zero attached hydrogens (tertiary/aromatic N) is 5. The van der Waals surface area contributed by atoms with Gasteiger partial charge in [-0.25, -0.2) is 22.9 Å². The van der Waals surface area contributed by atoms with Crippen molar-refractivity contribution in [2.24, 2.45) is 17.3 Å². The lowest BCUT2D eigenvalue weighted by Crippen LogP contribution is -2.37. The Labute approximate surface area is 217 Å². The van der Waals surface area contributed by atoms with Crippen molar-refractivity contribution < 1.29 is 23.0 Å². The van der Waals surface area contributed by atoms with Crippen molar-refractivity contribution in [1.82, 2.24) is 35.5 Å². The van der Waals surface area contributed by atoms with Crippen molar-refractivity contribution in [3.63, 3.8) is 0 Å². The predicted molar refractivity (Wildman–Crippen MR) is 130 cm³/mol. The normalized spacial score (nSPS) is 23.9. The molecule has 0 spiro atoms. The average Bonchev–Trinajstić information content (AvgIpc) is 3.34. The molecule has 2 atom stereocenters. The van der Waals surface area contributed by atoms with Gasteiger partial charge in [0, 0.05) is 31.2 Å². The van der Waals surface area contributed by atoms with Gasteiger partial charge >= 0.3 is 0 Å². The molecule has 3 fully saturated rings. The van der Waals surface area contributed by atoms with Gasteiger partial charge in [0.25, 0.3) is 5.91 Å². The molecule has 1 aliphatic heterocycles. The molecule has 6 rings (SSSR count). The van der Waals surface area contributed by atoms with Gasteiger partial charge in [0.2, 0.25) is 11.8 Å². The summed E-state index contributed by atoms with van der Waals surface area (Å²) in [7, 11) is 0. The highest BCUT2D eigenvalue weighted by Crippen LogP contribution is 2.43. The molecule has 2 aliphatic carbocycles. The minimum absolute atomic E-state index is 0.0312. The maximum absolute atomic E-state index is 14.0. The molecule has 3 aromatic heterocycles. The van der Waals surface area contributed by atoms with Crippen molar-refractivity contribution in [1.29, 1.82) is 0 Å². The first-order valence-electron chi connectivity index (χ1n) is 13.2. The number of hydrogen-bond donors (Lipinski definition) is 2. The predicted octanol–water partition coefficient (Wildman–Crippen LogP) is 3.60. The van der Waals surface area contributed by atoms with Crippen LogP contribution in [0.2, 0.25) is 0 Å². The third-order valence-corrected chi connectivity index (χ3v) is 8.34. The van der Waals surface area contributed by atoms with E-state index in [1.165, 1.54) is 0 Å². The van der Waals surface area contributed by atoms with Crippen LogP contribution in [0.4, 0.5) is 8.78 Å². The van der Waals surface area contributed by atoms with Crippen LogP contribution in [0.25, 0.3) is 5.65 Å². The number of rotatable bonds is 7. The number of fused-ring (bicyclic) bond motifs is 1. The third kappa shape index (κ3) is 4.76. The molecule has 0 radical (unpaired) electrons. The fourth-order valence-electron chi connectivity index (χ4n) is 5.73. The van der Waals surface area contributed by atoms with E-state index in [1.807, 2.05) is 6.07 Å². The van der Waals surface area contributed by atoms with Crippen molar-refractivity contribution in [3.05, 3.63) is 41.1 Å². The van der Waals surface area contributed by atoms with E-state index in [0.29, 0.717) is 30.0 Å². The molecule has 10 nitrogen and oxygen atoms in total. The van der Waals surface area contributed by atoms with Gasteiger partial charge in [0.1, 0.15) is 5.69 Å². The van der Waals surface area contributed by atoms with Crippen molar-refractivity contribution in [2.45, 2.75) is 76.7 Å². The number of aromatic nitrogens is 5. The smallest absolute Gasteiger partial charge is 0.276 e. The summed E-state index contributed by atoms with van der Waals surface area (Å²) in [6, 6.07) is 1.28. The van der Waals surface area contributed by atoms with Crippen LogP contribution in [0.3, 0.4) is 0 Å². The SMILES string of the molecule is CC1(C)CNC(=O)[C@@H]1Cc1cnn2cc([C@@H](NC(=O)c3nonc3C3CC3)C3CCC(F)(F)CC3)nc2c1. The quantitative estimate of drug-likeness (QED) is 0.481. The summed E-state index contributed by atoms with van der Waals surface area (Å²) >= 11 is 0. The zero-order valence-electron chi connectivity index (χ0n) is 21.4. The maximum Gasteiger partial charge on any atom is 0.276 e. The van der Waals surface area contributed by atoms with Gasteiger partial charge in [-0.3, -0.25) is 9.59 Å². The second kappa shape index (κ2) is 9.09.